The zero-order chi connectivity index (χ0) is 22.2. The van der Waals surface area contributed by atoms with Crippen molar-refractivity contribution in [2.75, 3.05) is 4.90 Å². The van der Waals surface area contributed by atoms with Crippen LogP contribution in [0.15, 0.2) is 114 Å². The molecule has 0 saturated heterocycles. The number of benzene rings is 5. The number of hydrogen-bond acceptors (Lipinski definition) is 3. The van der Waals surface area contributed by atoms with Crippen molar-refractivity contribution in [2.45, 2.75) is 0 Å². The van der Waals surface area contributed by atoms with Gasteiger partial charge in [0.15, 0.2) is 0 Å². The molecule has 0 amide bonds. The predicted molar refractivity (Wildman–Crippen MR) is 139 cm³/mol. The van der Waals surface area contributed by atoms with Crippen LogP contribution in [0.5, 0.6) is 5.75 Å². The van der Waals surface area contributed by atoms with Crippen LogP contribution < -0.4 is 20.5 Å². The number of anilines is 3. The average Bonchev–Trinajstić information content (AvgIpc) is 3.27. The van der Waals surface area contributed by atoms with Crippen molar-refractivity contribution in [1.29, 1.82) is 0 Å². The normalized spacial score (nSPS) is 13.4. The van der Waals surface area contributed by atoms with E-state index in [-0.39, 0.29) is 6.92 Å². The summed E-state index contributed by atoms with van der Waals surface area (Å²) in [5, 5.41) is 2.24. The molecule has 1 aromatic heterocycles. The highest BCUT2D eigenvalue weighted by Gasteiger charge is 2.43. The van der Waals surface area contributed by atoms with E-state index in [1.165, 1.54) is 16.5 Å². The summed E-state index contributed by atoms with van der Waals surface area (Å²) in [6, 6.07) is 38.0. The van der Waals surface area contributed by atoms with Crippen LogP contribution in [0.25, 0.3) is 33.1 Å². The van der Waals surface area contributed by atoms with E-state index >= 15 is 0 Å². The van der Waals surface area contributed by atoms with Gasteiger partial charge in [0.25, 0.3) is 0 Å². The molecular formula is C30H18BNO2. The minimum Gasteiger partial charge on any atom is -0.551 e. The van der Waals surface area contributed by atoms with Crippen LogP contribution in [0.2, 0.25) is 0 Å². The molecule has 0 aliphatic carbocycles. The molecule has 0 N–H and O–H groups in total. The molecule has 0 atom stereocenters. The minimum absolute atomic E-state index is 0.186. The summed E-state index contributed by atoms with van der Waals surface area (Å²) in [7, 11) is 0. The van der Waals surface area contributed by atoms with Gasteiger partial charge in [0, 0.05) is 27.8 Å². The lowest BCUT2D eigenvalue weighted by Gasteiger charge is -2.39. The Morgan fingerprint density at radius 1 is 0.647 bits per heavy atom. The van der Waals surface area contributed by atoms with Gasteiger partial charge in [-0.1, -0.05) is 72.8 Å². The number of hydrogen-bond donors (Lipinski definition) is 0. The molecule has 0 fully saturated rings. The topological polar surface area (TPSA) is 25.6 Å². The summed E-state index contributed by atoms with van der Waals surface area (Å²) in [5.41, 5.74) is 9.82. The van der Waals surface area contributed by atoms with Crippen molar-refractivity contribution in [3.8, 4) is 16.9 Å². The van der Waals surface area contributed by atoms with Crippen LogP contribution in [0.1, 0.15) is 0 Å². The minimum atomic E-state index is -0.186. The van der Waals surface area contributed by atoms with Crippen molar-refractivity contribution < 1.29 is 9.07 Å². The highest BCUT2D eigenvalue weighted by molar-refractivity contribution is 6.86. The molecule has 5 aromatic carbocycles. The lowest BCUT2D eigenvalue weighted by Crippen LogP contribution is -2.56. The SMILES string of the molecule is c1ccc(N2c3ccccc3B3Oc4ccccc4-c4cc5oc6ccccc6c5c2c43)cc1. The summed E-state index contributed by atoms with van der Waals surface area (Å²) < 4.78 is 13.2. The van der Waals surface area contributed by atoms with Crippen LogP contribution in [-0.4, -0.2) is 6.92 Å². The molecule has 0 radical (unpaired) electrons. The fourth-order valence-corrected chi connectivity index (χ4v) is 5.68. The highest BCUT2D eigenvalue weighted by Crippen LogP contribution is 2.48. The van der Waals surface area contributed by atoms with Gasteiger partial charge >= 0.3 is 6.92 Å². The van der Waals surface area contributed by atoms with Crippen LogP contribution in [0.3, 0.4) is 0 Å². The smallest absolute Gasteiger partial charge is 0.431 e. The van der Waals surface area contributed by atoms with Crippen molar-refractivity contribution >= 4 is 56.8 Å². The second kappa shape index (κ2) is 6.55. The maximum atomic E-state index is 6.73. The second-order valence-electron chi connectivity index (χ2n) is 8.88. The van der Waals surface area contributed by atoms with Gasteiger partial charge in [-0.05, 0) is 47.4 Å². The van der Waals surface area contributed by atoms with Gasteiger partial charge in [0.05, 0.1) is 11.1 Å². The van der Waals surface area contributed by atoms with Crippen molar-refractivity contribution in [1.82, 2.24) is 0 Å². The van der Waals surface area contributed by atoms with E-state index in [4.69, 9.17) is 9.07 Å². The third kappa shape index (κ3) is 2.27. The molecule has 2 aliphatic rings. The Morgan fingerprint density at radius 3 is 2.35 bits per heavy atom. The van der Waals surface area contributed by atoms with Crippen molar-refractivity contribution in [3.05, 3.63) is 109 Å². The zero-order valence-electron chi connectivity index (χ0n) is 18.2. The standard InChI is InChI=1S/C30H18BNO2/c1-2-10-19(11-3-1)32-24-15-7-6-14-23(24)31-29-22(20-12-4-9-17-26(20)34-31)18-27-28(30(29)32)21-13-5-8-16-25(21)33-27/h1-18H. The van der Waals surface area contributed by atoms with Gasteiger partial charge in [0.1, 0.15) is 16.9 Å². The molecule has 2 aliphatic heterocycles. The lowest BCUT2D eigenvalue weighted by molar-refractivity contribution is 0.590. The van der Waals surface area contributed by atoms with Gasteiger partial charge in [-0.25, -0.2) is 0 Å². The molecular weight excluding hydrogens is 417 g/mol. The maximum absolute atomic E-state index is 6.73. The third-order valence-electron chi connectivity index (χ3n) is 7.06. The van der Waals surface area contributed by atoms with Crippen LogP contribution >= 0.6 is 0 Å². The van der Waals surface area contributed by atoms with Gasteiger partial charge in [0.2, 0.25) is 0 Å². The van der Waals surface area contributed by atoms with Crippen LogP contribution in [0, 0.1) is 0 Å². The van der Waals surface area contributed by atoms with Gasteiger partial charge in [-0.3, -0.25) is 0 Å². The van der Waals surface area contributed by atoms with E-state index < -0.39 is 0 Å². The number of para-hydroxylation sites is 4. The van der Waals surface area contributed by atoms with E-state index in [2.05, 4.69) is 95.9 Å². The molecule has 0 saturated carbocycles. The quantitative estimate of drug-likeness (QED) is 0.275. The molecule has 6 aromatic rings. The van der Waals surface area contributed by atoms with Crippen molar-refractivity contribution in [3.63, 3.8) is 0 Å². The van der Waals surface area contributed by atoms with Crippen molar-refractivity contribution in [2.24, 2.45) is 0 Å². The van der Waals surface area contributed by atoms with E-state index in [1.54, 1.807) is 0 Å². The van der Waals surface area contributed by atoms with Crippen LogP contribution in [0.4, 0.5) is 17.1 Å². The molecule has 0 spiro atoms. The number of fused-ring (bicyclic) bond motifs is 8. The Bertz CT molecular complexity index is 1760. The lowest BCUT2D eigenvalue weighted by atomic mass is 9.49. The largest absolute Gasteiger partial charge is 0.551 e. The second-order valence-corrected chi connectivity index (χ2v) is 8.88. The molecule has 4 heteroatoms. The molecule has 3 nitrogen and oxygen atoms in total. The molecule has 34 heavy (non-hydrogen) atoms. The first kappa shape index (κ1) is 18.0. The van der Waals surface area contributed by atoms with Crippen LogP contribution in [-0.2, 0) is 0 Å². The summed E-state index contributed by atoms with van der Waals surface area (Å²) in [6.07, 6.45) is 0. The van der Waals surface area contributed by atoms with Gasteiger partial charge in [-0.15, -0.1) is 0 Å². The average molecular weight is 435 g/mol. The molecule has 0 bridgehead atoms. The first-order valence-corrected chi connectivity index (χ1v) is 11.6. The van der Waals surface area contributed by atoms with E-state index in [9.17, 15) is 0 Å². The molecule has 0 unspecified atom stereocenters. The first-order valence-electron chi connectivity index (χ1n) is 11.6. The fraction of sp³-hybridized carbons (Fsp3) is 0. The number of rotatable bonds is 1. The van der Waals surface area contributed by atoms with Gasteiger partial charge in [-0.2, -0.15) is 0 Å². The van der Waals surface area contributed by atoms with E-state index in [0.29, 0.717) is 0 Å². The van der Waals surface area contributed by atoms with E-state index in [0.717, 1.165) is 50.3 Å². The Hall–Kier alpha value is -4.44. The first-order chi connectivity index (χ1) is 16.9. The Kier molecular flexibility index (Phi) is 3.48. The predicted octanol–water partition coefficient (Wildman–Crippen LogP) is 6.53. The Labute approximate surface area is 196 Å². The summed E-state index contributed by atoms with van der Waals surface area (Å²) in [4.78, 5) is 2.38. The number of nitrogens with zero attached hydrogens (tertiary/aromatic N) is 1. The summed E-state index contributed by atoms with van der Waals surface area (Å²) in [6.45, 7) is -0.186. The van der Waals surface area contributed by atoms with E-state index in [1.807, 2.05) is 18.2 Å². The Balaban J connectivity index is 1.61. The van der Waals surface area contributed by atoms with Gasteiger partial charge < -0.3 is 14.0 Å². The summed E-state index contributed by atoms with van der Waals surface area (Å²) >= 11 is 0. The summed E-state index contributed by atoms with van der Waals surface area (Å²) in [5.74, 6) is 0.907. The monoisotopic (exact) mass is 435 g/mol. The molecule has 8 rings (SSSR count). The maximum Gasteiger partial charge on any atom is 0.431 e. The zero-order valence-corrected chi connectivity index (χ0v) is 18.2. The molecule has 3 heterocycles. The fourth-order valence-electron chi connectivity index (χ4n) is 5.68. The Morgan fingerprint density at radius 2 is 1.41 bits per heavy atom. The highest BCUT2D eigenvalue weighted by atomic mass is 16.4. The third-order valence-corrected chi connectivity index (χ3v) is 7.06. The number of furan rings is 1. The molecule has 158 valence electrons.